The van der Waals surface area contributed by atoms with Crippen LogP contribution in [0.2, 0.25) is 0 Å². The number of hydrogen-bond donors (Lipinski definition) is 0. The minimum Gasteiger partial charge on any atom is -0.497 e. The van der Waals surface area contributed by atoms with Crippen molar-refractivity contribution in [2.24, 2.45) is 0 Å². The van der Waals surface area contributed by atoms with Gasteiger partial charge in [0.05, 0.1) is 36.6 Å². The van der Waals surface area contributed by atoms with Gasteiger partial charge in [-0.25, -0.2) is 9.88 Å². The second-order valence-electron chi connectivity index (χ2n) is 5.63. The lowest BCUT2D eigenvalue weighted by Gasteiger charge is -2.16. The lowest BCUT2D eigenvalue weighted by molar-refractivity contribution is -0.122. The second kappa shape index (κ2) is 5.49. The first kappa shape index (κ1) is 14.4. The first-order chi connectivity index (χ1) is 11.7. The zero-order valence-corrected chi connectivity index (χ0v) is 13.0. The molecule has 1 aliphatic rings. The van der Waals surface area contributed by atoms with Gasteiger partial charge in [0.25, 0.3) is 5.91 Å². The molecule has 0 aliphatic carbocycles. The number of carbonyl (C=O) groups is 2. The van der Waals surface area contributed by atoms with Gasteiger partial charge < -0.3 is 9.30 Å². The van der Waals surface area contributed by atoms with Crippen LogP contribution in [0.5, 0.6) is 5.75 Å². The van der Waals surface area contributed by atoms with Crippen molar-refractivity contribution in [1.29, 1.82) is 0 Å². The van der Waals surface area contributed by atoms with Crippen molar-refractivity contribution < 1.29 is 14.3 Å². The van der Waals surface area contributed by atoms with Gasteiger partial charge in [0.1, 0.15) is 11.8 Å². The molecular formula is C18H15N3O3. The Morgan fingerprint density at radius 2 is 1.83 bits per heavy atom. The quantitative estimate of drug-likeness (QED) is 0.696. The van der Waals surface area contributed by atoms with E-state index < -0.39 is 6.04 Å². The fourth-order valence-electron chi connectivity index (χ4n) is 3.06. The number of amides is 2. The number of imide groups is 1. The van der Waals surface area contributed by atoms with Crippen molar-refractivity contribution in [3.8, 4) is 5.75 Å². The predicted molar refractivity (Wildman–Crippen MR) is 88.9 cm³/mol. The van der Waals surface area contributed by atoms with E-state index in [0.717, 1.165) is 11.0 Å². The van der Waals surface area contributed by atoms with E-state index in [0.29, 0.717) is 11.4 Å². The van der Waals surface area contributed by atoms with Crippen LogP contribution in [-0.4, -0.2) is 28.5 Å². The fraction of sp³-hybridized carbons (Fsp3) is 0.167. The maximum Gasteiger partial charge on any atom is 0.257 e. The molecule has 0 saturated carbocycles. The van der Waals surface area contributed by atoms with Gasteiger partial charge >= 0.3 is 0 Å². The molecule has 2 aromatic carbocycles. The smallest absolute Gasteiger partial charge is 0.257 e. The monoisotopic (exact) mass is 321 g/mol. The molecule has 1 fully saturated rings. The van der Waals surface area contributed by atoms with E-state index in [4.69, 9.17) is 4.74 Å². The van der Waals surface area contributed by atoms with Crippen LogP contribution < -0.4 is 9.64 Å². The highest BCUT2D eigenvalue weighted by molar-refractivity contribution is 6.21. The van der Waals surface area contributed by atoms with E-state index in [9.17, 15) is 9.59 Å². The molecule has 24 heavy (non-hydrogen) atoms. The van der Waals surface area contributed by atoms with Crippen LogP contribution in [0.4, 0.5) is 5.69 Å². The lowest BCUT2D eigenvalue weighted by atomic mass is 10.2. The number of fused-ring (bicyclic) bond motifs is 1. The Hall–Kier alpha value is -3.15. The number of carbonyl (C=O) groups excluding carboxylic acids is 2. The predicted octanol–water partition coefficient (Wildman–Crippen LogP) is 2.55. The number of imidazole rings is 1. The Bertz CT molecular complexity index is 930. The number of nitrogens with zero attached hydrogens (tertiary/aromatic N) is 3. The van der Waals surface area contributed by atoms with Crippen LogP contribution in [0.3, 0.4) is 0 Å². The van der Waals surface area contributed by atoms with Crippen molar-refractivity contribution in [3.63, 3.8) is 0 Å². The Morgan fingerprint density at radius 1 is 1.08 bits per heavy atom. The third-order valence-corrected chi connectivity index (χ3v) is 4.27. The summed E-state index contributed by atoms with van der Waals surface area (Å²) >= 11 is 0. The molecule has 1 saturated heterocycles. The van der Waals surface area contributed by atoms with Gasteiger partial charge in [0, 0.05) is 0 Å². The highest BCUT2D eigenvalue weighted by atomic mass is 16.5. The molecule has 1 aliphatic heterocycles. The second-order valence-corrected chi connectivity index (χ2v) is 5.63. The standard InChI is InChI=1S/C18H15N3O3/c1-24-13-8-6-12(7-9-13)21-17(22)10-16(18(21)23)20-11-19-14-4-2-3-5-15(14)20/h2-9,11,16H,10H2,1H3/t16-/m0/s1. The van der Waals surface area contributed by atoms with Gasteiger partial charge in [-0.05, 0) is 36.4 Å². The molecule has 4 rings (SSSR count). The Balaban J connectivity index is 1.70. The van der Waals surface area contributed by atoms with Gasteiger partial charge in [-0.3, -0.25) is 9.59 Å². The van der Waals surface area contributed by atoms with E-state index in [1.165, 1.54) is 4.90 Å². The summed E-state index contributed by atoms with van der Waals surface area (Å²) in [7, 11) is 1.57. The number of hydrogen-bond acceptors (Lipinski definition) is 4. The third-order valence-electron chi connectivity index (χ3n) is 4.27. The molecule has 0 unspecified atom stereocenters. The summed E-state index contributed by atoms with van der Waals surface area (Å²) in [6.07, 6.45) is 1.75. The number of anilines is 1. The average Bonchev–Trinajstić information content (AvgIpc) is 3.16. The highest BCUT2D eigenvalue weighted by Gasteiger charge is 2.41. The molecule has 0 radical (unpaired) electrons. The molecule has 3 aromatic rings. The minimum absolute atomic E-state index is 0.130. The van der Waals surface area contributed by atoms with Gasteiger partial charge in [-0.1, -0.05) is 12.1 Å². The van der Waals surface area contributed by atoms with Crippen molar-refractivity contribution in [2.75, 3.05) is 12.0 Å². The van der Waals surface area contributed by atoms with Gasteiger partial charge in [0.15, 0.2) is 0 Å². The van der Waals surface area contributed by atoms with Crippen LogP contribution in [0.15, 0.2) is 54.9 Å². The van der Waals surface area contributed by atoms with Crippen molar-refractivity contribution in [1.82, 2.24) is 9.55 Å². The van der Waals surface area contributed by atoms with Gasteiger partial charge in [-0.2, -0.15) is 0 Å². The molecule has 1 atom stereocenters. The molecule has 6 nitrogen and oxygen atoms in total. The molecule has 120 valence electrons. The van der Waals surface area contributed by atoms with Crippen LogP contribution in [0.25, 0.3) is 11.0 Å². The first-order valence-electron chi connectivity index (χ1n) is 7.61. The number of benzene rings is 2. The molecule has 0 bridgehead atoms. The van der Waals surface area contributed by atoms with Crippen molar-refractivity contribution in [2.45, 2.75) is 12.5 Å². The van der Waals surface area contributed by atoms with Gasteiger partial charge in [-0.15, -0.1) is 0 Å². The van der Waals surface area contributed by atoms with Gasteiger partial charge in [0.2, 0.25) is 5.91 Å². The van der Waals surface area contributed by atoms with Crippen LogP contribution in [0.1, 0.15) is 12.5 Å². The topological polar surface area (TPSA) is 64.4 Å². The normalized spacial score (nSPS) is 17.7. The highest BCUT2D eigenvalue weighted by Crippen LogP contribution is 2.32. The van der Waals surface area contributed by atoms with E-state index >= 15 is 0 Å². The molecule has 0 spiro atoms. The van der Waals surface area contributed by atoms with Crippen LogP contribution in [0, 0.1) is 0 Å². The van der Waals surface area contributed by atoms with Crippen LogP contribution in [-0.2, 0) is 9.59 Å². The summed E-state index contributed by atoms with van der Waals surface area (Å²) in [5.41, 5.74) is 2.21. The Labute approximate surface area is 138 Å². The average molecular weight is 321 g/mol. The largest absolute Gasteiger partial charge is 0.497 e. The summed E-state index contributed by atoms with van der Waals surface area (Å²) in [5.74, 6) is 0.219. The first-order valence-corrected chi connectivity index (χ1v) is 7.61. The Morgan fingerprint density at radius 3 is 2.58 bits per heavy atom. The number of aromatic nitrogens is 2. The number of methoxy groups -OCH3 is 1. The van der Waals surface area contributed by atoms with E-state index in [1.54, 1.807) is 42.3 Å². The van der Waals surface area contributed by atoms with Crippen molar-refractivity contribution in [3.05, 3.63) is 54.9 Å². The zero-order valence-electron chi connectivity index (χ0n) is 13.0. The molecule has 1 aromatic heterocycles. The fourth-order valence-corrected chi connectivity index (χ4v) is 3.06. The molecular weight excluding hydrogens is 306 g/mol. The SMILES string of the molecule is COc1ccc(N2C(=O)C[C@H](n3cnc4ccccc43)C2=O)cc1. The maximum absolute atomic E-state index is 12.8. The third kappa shape index (κ3) is 2.15. The molecule has 2 amide bonds. The molecule has 0 N–H and O–H groups in total. The maximum atomic E-state index is 12.8. The zero-order chi connectivity index (χ0) is 16.7. The molecule has 6 heteroatoms. The Kier molecular flexibility index (Phi) is 3.30. The minimum atomic E-state index is -0.563. The summed E-state index contributed by atoms with van der Waals surface area (Å²) in [4.78, 5) is 30.8. The number of rotatable bonds is 3. The van der Waals surface area contributed by atoms with E-state index in [-0.39, 0.29) is 18.2 Å². The summed E-state index contributed by atoms with van der Waals surface area (Å²) in [5, 5.41) is 0. The summed E-state index contributed by atoms with van der Waals surface area (Å²) in [6, 6.07) is 13.9. The number of ether oxygens (including phenoxy) is 1. The lowest BCUT2D eigenvalue weighted by Crippen LogP contribution is -2.30. The number of para-hydroxylation sites is 2. The van der Waals surface area contributed by atoms with Crippen LogP contribution >= 0.6 is 0 Å². The summed E-state index contributed by atoms with van der Waals surface area (Å²) < 4.78 is 6.89. The van der Waals surface area contributed by atoms with E-state index in [2.05, 4.69) is 4.98 Å². The summed E-state index contributed by atoms with van der Waals surface area (Å²) in [6.45, 7) is 0. The van der Waals surface area contributed by atoms with E-state index in [1.807, 2.05) is 24.3 Å². The molecule has 2 heterocycles. The van der Waals surface area contributed by atoms with Crippen molar-refractivity contribution >= 4 is 28.5 Å².